The first-order valence-electron chi connectivity index (χ1n) is 8.43. The maximum atomic E-state index is 13.6. The van der Waals surface area contributed by atoms with Crippen molar-refractivity contribution in [3.8, 4) is 0 Å². The molecule has 26 heavy (non-hydrogen) atoms. The number of aryl methyl sites for hydroxylation is 1. The van der Waals surface area contributed by atoms with Crippen molar-refractivity contribution in [2.24, 2.45) is 0 Å². The van der Waals surface area contributed by atoms with E-state index in [-0.39, 0.29) is 18.5 Å². The third-order valence-corrected chi connectivity index (χ3v) is 3.85. The highest BCUT2D eigenvalue weighted by Gasteiger charge is 2.15. The summed E-state index contributed by atoms with van der Waals surface area (Å²) >= 11 is 0. The Balaban J connectivity index is 1.79. The average Bonchev–Trinajstić information content (AvgIpc) is 2.63. The molecule has 2 N–H and O–H groups in total. The highest BCUT2D eigenvalue weighted by Crippen LogP contribution is 2.16. The second-order valence-electron chi connectivity index (χ2n) is 6.14. The first-order chi connectivity index (χ1) is 12.5. The SMILES string of the molecule is Cc1ccc(F)c(NC(=O)CCC(=O)N[C@H](CF)Cc2ccccc2)c1. The van der Waals surface area contributed by atoms with Crippen LogP contribution in [0.25, 0.3) is 0 Å². The predicted octanol–water partition coefficient (Wildman–Crippen LogP) is 3.55. The minimum atomic E-state index is -0.693. The number of nitrogens with one attached hydrogen (secondary N) is 2. The summed E-state index contributed by atoms with van der Waals surface area (Å²) in [4.78, 5) is 23.8. The Hall–Kier alpha value is -2.76. The van der Waals surface area contributed by atoms with Gasteiger partial charge in [-0.05, 0) is 36.6 Å². The Labute approximate surface area is 151 Å². The molecule has 0 aromatic heterocycles. The lowest BCUT2D eigenvalue weighted by Gasteiger charge is -2.15. The van der Waals surface area contributed by atoms with Crippen molar-refractivity contribution in [1.29, 1.82) is 0 Å². The third kappa shape index (κ3) is 6.27. The highest BCUT2D eigenvalue weighted by molar-refractivity contribution is 5.93. The van der Waals surface area contributed by atoms with Crippen molar-refractivity contribution in [1.82, 2.24) is 5.32 Å². The van der Waals surface area contributed by atoms with Gasteiger partial charge < -0.3 is 10.6 Å². The lowest BCUT2D eigenvalue weighted by molar-refractivity contribution is -0.125. The zero-order valence-electron chi connectivity index (χ0n) is 14.6. The molecular formula is C20H22F2N2O2. The number of carbonyl (C=O) groups excluding carboxylic acids is 2. The molecule has 1 atom stereocenters. The lowest BCUT2D eigenvalue weighted by atomic mass is 10.1. The van der Waals surface area contributed by atoms with Gasteiger partial charge in [-0.15, -0.1) is 0 Å². The van der Waals surface area contributed by atoms with E-state index < -0.39 is 30.3 Å². The zero-order valence-corrected chi connectivity index (χ0v) is 14.6. The molecule has 0 fully saturated rings. The summed E-state index contributed by atoms with van der Waals surface area (Å²) in [5, 5.41) is 5.03. The average molecular weight is 360 g/mol. The van der Waals surface area contributed by atoms with Crippen molar-refractivity contribution < 1.29 is 18.4 Å². The van der Waals surface area contributed by atoms with Crippen LogP contribution < -0.4 is 10.6 Å². The summed E-state index contributed by atoms with van der Waals surface area (Å²) in [6.45, 7) is 1.09. The number of anilines is 1. The van der Waals surface area contributed by atoms with Gasteiger partial charge in [0.2, 0.25) is 11.8 Å². The van der Waals surface area contributed by atoms with Crippen LogP contribution in [0.15, 0.2) is 48.5 Å². The minimum absolute atomic E-state index is 0.0844. The molecule has 2 aromatic rings. The zero-order chi connectivity index (χ0) is 18.9. The fourth-order valence-electron chi connectivity index (χ4n) is 2.52. The van der Waals surface area contributed by atoms with E-state index in [2.05, 4.69) is 10.6 Å². The molecule has 2 amide bonds. The van der Waals surface area contributed by atoms with Crippen LogP contribution in [0.5, 0.6) is 0 Å². The molecule has 2 aromatic carbocycles. The first-order valence-corrected chi connectivity index (χ1v) is 8.43. The Bertz CT molecular complexity index is 751. The topological polar surface area (TPSA) is 58.2 Å². The maximum Gasteiger partial charge on any atom is 0.224 e. The number of carbonyl (C=O) groups is 2. The van der Waals surface area contributed by atoms with Gasteiger partial charge in [0.15, 0.2) is 0 Å². The molecule has 0 heterocycles. The Morgan fingerprint density at radius 1 is 1.04 bits per heavy atom. The van der Waals surface area contributed by atoms with E-state index in [0.717, 1.165) is 11.1 Å². The van der Waals surface area contributed by atoms with Crippen LogP contribution in [0, 0.1) is 12.7 Å². The molecule has 4 nitrogen and oxygen atoms in total. The molecule has 0 aliphatic rings. The van der Waals surface area contributed by atoms with E-state index >= 15 is 0 Å². The smallest absolute Gasteiger partial charge is 0.224 e. The van der Waals surface area contributed by atoms with Crippen LogP contribution in [-0.4, -0.2) is 24.5 Å². The largest absolute Gasteiger partial charge is 0.350 e. The molecule has 0 spiro atoms. The summed E-state index contributed by atoms with van der Waals surface area (Å²) < 4.78 is 26.8. The van der Waals surface area contributed by atoms with Crippen molar-refractivity contribution in [2.45, 2.75) is 32.2 Å². The number of hydrogen-bond acceptors (Lipinski definition) is 2. The molecule has 0 bridgehead atoms. The summed E-state index contributed by atoms with van der Waals surface area (Å²) in [7, 11) is 0. The number of hydrogen-bond donors (Lipinski definition) is 2. The minimum Gasteiger partial charge on any atom is -0.350 e. The van der Waals surface area contributed by atoms with Gasteiger partial charge in [0.25, 0.3) is 0 Å². The van der Waals surface area contributed by atoms with Gasteiger partial charge in [-0.2, -0.15) is 0 Å². The van der Waals surface area contributed by atoms with Crippen LogP contribution in [0.2, 0.25) is 0 Å². The Morgan fingerprint density at radius 3 is 2.42 bits per heavy atom. The number of alkyl halides is 1. The molecular weight excluding hydrogens is 338 g/mol. The third-order valence-electron chi connectivity index (χ3n) is 3.85. The summed E-state index contributed by atoms with van der Waals surface area (Å²) in [5.41, 5.74) is 1.82. The predicted molar refractivity (Wildman–Crippen MR) is 97.1 cm³/mol. The van der Waals surface area contributed by atoms with Crippen molar-refractivity contribution in [2.75, 3.05) is 12.0 Å². The van der Waals surface area contributed by atoms with Crippen LogP contribution in [0.3, 0.4) is 0 Å². The van der Waals surface area contributed by atoms with Crippen LogP contribution >= 0.6 is 0 Å². The van der Waals surface area contributed by atoms with Gasteiger partial charge in [0.1, 0.15) is 12.5 Å². The second-order valence-corrected chi connectivity index (χ2v) is 6.14. The molecule has 0 radical (unpaired) electrons. The van der Waals surface area contributed by atoms with E-state index in [4.69, 9.17) is 0 Å². The number of halogens is 2. The van der Waals surface area contributed by atoms with Crippen molar-refractivity contribution in [3.63, 3.8) is 0 Å². The summed E-state index contributed by atoms with van der Waals surface area (Å²) in [6, 6.07) is 13.0. The number of benzene rings is 2. The van der Waals surface area contributed by atoms with Gasteiger partial charge in [-0.25, -0.2) is 8.78 Å². The molecule has 0 aliphatic heterocycles. The summed E-state index contributed by atoms with van der Waals surface area (Å²) in [5.74, 6) is -1.42. The van der Waals surface area contributed by atoms with Crippen LogP contribution in [0.1, 0.15) is 24.0 Å². The van der Waals surface area contributed by atoms with E-state index in [9.17, 15) is 18.4 Å². The normalized spacial score (nSPS) is 11.7. The molecule has 6 heteroatoms. The van der Waals surface area contributed by atoms with Crippen LogP contribution in [0.4, 0.5) is 14.5 Å². The van der Waals surface area contributed by atoms with Crippen LogP contribution in [-0.2, 0) is 16.0 Å². The molecule has 0 saturated carbocycles. The second kappa shape index (κ2) is 9.65. The number of rotatable bonds is 8. The Morgan fingerprint density at radius 2 is 1.73 bits per heavy atom. The fraction of sp³-hybridized carbons (Fsp3) is 0.300. The van der Waals surface area contributed by atoms with E-state index in [1.54, 1.807) is 13.0 Å². The van der Waals surface area contributed by atoms with Gasteiger partial charge in [-0.3, -0.25) is 9.59 Å². The molecule has 0 aliphatic carbocycles. The highest BCUT2D eigenvalue weighted by atomic mass is 19.1. The first kappa shape index (κ1) is 19.6. The van der Waals surface area contributed by atoms with E-state index in [0.29, 0.717) is 6.42 Å². The van der Waals surface area contributed by atoms with E-state index in [1.165, 1.54) is 12.1 Å². The van der Waals surface area contributed by atoms with Crippen molar-refractivity contribution in [3.05, 3.63) is 65.5 Å². The van der Waals surface area contributed by atoms with Crippen molar-refractivity contribution >= 4 is 17.5 Å². The van der Waals surface area contributed by atoms with E-state index in [1.807, 2.05) is 30.3 Å². The standard InChI is InChI=1S/C20H22F2N2O2/c1-14-7-8-17(22)18(11-14)24-20(26)10-9-19(25)23-16(13-21)12-15-5-3-2-4-6-15/h2-8,11,16H,9-10,12-13H2,1H3,(H,23,25)(H,24,26)/t16-/m0/s1. The quantitative estimate of drug-likeness (QED) is 0.756. The Kier molecular flexibility index (Phi) is 7.26. The van der Waals surface area contributed by atoms with Gasteiger partial charge in [0, 0.05) is 12.8 Å². The fourth-order valence-corrected chi connectivity index (χ4v) is 2.52. The summed E-state index contributed by atoms with van der Waals surface area (Å²) in [6.07, 6.45) is 0.178. The number of amides is 2. The molecule has 0 saturated heterocycles. The molecule has 2 rings (SSSR count). The van der Waals surface area contributed by atoms with Gasteiger partial charge in [0.05, 0.1) is 11.7 Å². The van der Waals surface area contributed by atoms with Gasteiger partial charge >= 0.3 is 0 Å². The maximum absolute atomic E-state index is 13.6. The lowest BCUT2D eigenvalue weighted by Crippen LogP contribution is -2.38. The molecule has 138 valence electrons. The van der Waals surface area contributed by atoms with Gasteiger partial charge in [-0.1, -0.05) is 36.4 Å². The molecule has 0 unspecified atom stereocenters. The monoisotopic (exact) mass is 360 g/mol.